The van der Waals surface area contributed by atoms with E-state index in [1.807, 2.05) is 0 Å². The van der Waals surface area contributed by atoms with Crippen molar-refractivity contribution in [1.29, 1.82) is 0 Å². The van der Waals surface area contributed by atoms with Crippen molar-refractivity contribution in [2.24, 2.45) is 0 Å². The highest BCUT2D eigenvalue weighted by atomic mass is 16.3. The fraction of sp³-hybridized carbons (Fsp3) is 0.529. The van der Waals surface area contributed by atoms with Gasteiger partial charge in [-0.1, -0.05) is 0 Å². The van der Waals surface area contributed by atoms with Crippen LogP contribution >= 0.6 is 0 Å². The molecule has 0 aromatic carbocycles. The van der Waals surface area contributed by atoms with Gasteiger partial charge >= 0.3 is 0 Å². The number of hydrogen-bond acceptors (Lipinski definition) is 7. The van der Waals surface area contributed by atoms with Crippen molar-refractivity contribution < 1.29 is 24.3 Å². The van der Waals surface area contributed by atoms with Crippen molar-refractivity contribution in [2.45, 2.75) is 18.9 Å². The summed E-state index contributed by atoms with van der Waals surface area (Å²) in [7, 11) is 0. The Morgan fingerprint density at radius 3 is 1.42 bits per heavy atom. The number of nitrogens with one attached hydrogen (secondary N) is 2. The topological polar surface area (TPSA) is 119 Å². The normalized spacial score (nSPS) is 16.8. The van der Waals surface area contributed by atoms with Gasteiger partial charge in [0.2, 0.25) is 0 Å². The molecule has 0 saturated carbocycles. The summed E-state index contributed by atoms with van der Waals surface area (Å²) in [6.07, 6.45) is 5.70. The van der Waals surface area contributed by atoms with Crippen LogP contribution in [-0.4, -0.2) is 83.9 Å². The molecule has 0 fully saturated rings. The minimum atomic E-state index is -0.580. The Morgan fingerprint density at radius 1 is 0.731 bits per heavy atom. The smallest absolute Gasteiger partial charge is 0.253 e. The van der Waals surface area contributed by atoms with E-state index in [1.54, 1.807) is 0 Å². The van der Waals surface area contributed by atoms with Crippen LogP contribution in [-0.2, 0) is 19.2 Å². The molecular formula is C17H24N4O5. The predicted molar refractivity (Wildman–Crippen MR) is 92.7 cm³/mol. The van der Waals surface area contributed by atoms with Crippen molar-refractivity contribution >= 4 is 23.6 Å². The van der Waals surface area contributed by atoms with Crippen LogP contribution in [0.4, 0.5) is 0 Å². The molecule has 9 heteroatoms. The molecule has 0 bridgehead atoms. The molecule has 0 aromatic rings. The molecule has 0 atom stereocenters. The number of aliphatic hydroxyl groups excluding tert-OH is 1. The van der Waals surface area contributed by atoms with Gasteiger partial charge in [-0.3, -0.25) is 29.0 Å². The lowest BCUT2D eigenvalue weighted by Crippen LogP contribution is -2.38. The Morgan fingerprint density at radius 2 is 1.08 bits per heavy atom. The minimum absolute atomic E-state index is 0.285. The summed E-state index contributed by atoms with van der Waals surface area (Å²) in [6.45, 7) is 2.66. The summed E-state index contributed by atoms with van der Waals surface area (Å²) in [5, 5.41) is 16.0. The summed E-state index contributed by atoms with van der Waals surface area (Å²) in [5.74, 6) is -1.14. The molecule has 0 aromatic heterocycles. The summed E-state index contributed by atoms with van der Waals surface area (Å²) >= 11 is 0. The van der Waals surface area contributed by atoms with Gasteiger partial charge in [0.05, 0.1) is 6.10 Å². The zero-order valence-corrected chi connectivity index (χ0v) is 14.5. The molecule has 2 heterocycles. The van der Waals surface area contributed by atoms with Crippen LogP contribution in [0.25, 0.3) is 0 Å². The van der Waals surface area contributed by atoms with E-state index in [4.69, 9.17) is 0 Å². The van der Waals surface area contributed by atoms with E-state index in [0.29, 0.717) is 52.1 Å². The monoisotopic (exact) mass is 364 g/mol. The van der Waals surface area contributed by atoms with Gasteiger partial charge in [-0.15, -0.1) is 0 Å². The Kier molecular flexibility index (Phi) is 7.64. The SMILES string of the molecule is O=C1C=CC(=O)N1CCCNCC(O)CNCCCN1C(=O)C=CC1=O. The first-order valence-electron chi connectivity index (χ1n) is 8.65. The molecule has 0 radical (unpaired) electrons. The van der Waals surface area contributed by atoms with Gasteiger partial charge in [-0.2, -0.15) is 0 Å². The molecule has 9 nitrogen and oxygen atoms in total. The van der Waals surface area contributed by atoms with Gasteiger partial charge in [-0.05, 0) is 25.9 Å². The van der Waals surface area contributed by atoms with Crippen LogP contribution < -0.4 is 10.6 Å². The molecule has 2 rings (SSSR count). The van der Waals surface area contributed by atoms with Crippen LogP contribution in [0.5, 0.6) is 0 Å². The Balaban J connectivity index is 1.43. The number of rotatable bonds is 12. The lowest BCUT2D eigenvalue weighted by atomic mass is 10.3. The Hall–Kier alpha value is -2.36. The van der Waals surface area contributed by atoms with Gasteiger partial charge in [-0.25, -0.2) is 0 Å². The molecular weight excluding hydrogens is 340 g/mol. The zero-order valence-electron chi connectivity index (χ0n) is 14.5. The zero-order chi connectivity index (χ0) is 18.9. The standard InChI is InChI=1S/C17H24N4O5/c22-13(11-18-7-1-9-20-14(23)3-4-15(20)24)12-19-8-2-10-21-16(25)5-6-17(21)26/h3-6,13,18-19,22H,1-2,7-12H2. The summed E-state index contributed by atoms with van der Waals surface area (Å²) in [5.41, 5.74) is 0. The number of nitrogens with zero attached hydrogens (tertiary/aromatic N) is 2. The summed E-state index contributed by atoms with van der Waals surface area (Å²) < 4.78 is 0. The first-order chi connectivity index (χ1) is 12.5. The number of imide groups is 2. The average molecular weight is 364 g/mol. The van der Waals surface area contributed by atoms with E-state index >= 15 is 0 Å². The van der Waals surface area contributed by atoms with Gasteiger partial charge in [0.25, 0.3) is 23.6 Å². The van der Waals surface area contributed by atoms with Crippen molar-refractivity contribution in [1.82, 2.24) is 20.4 Å². The fourth-order valence-corrected chi connectivity index (χ4v) is 2.64. The van der Waals surface area contributed by atoms with Crippen molar-refractivity contribution in [2.75, 3.05) is 39.3 Å². The van der Waals surface area contributed by atoms with E-state index in [0.717, 1.165) is 0 Å². The predicted octanol–water partition coefficient (Wildman–Crippen LogP) is -1.84. The molecule has 2 aliphatic heterocycles. The molecule has 0 saturated heterocycles. The molecule has 0 unspecified atom stereocenters. The molecule has 3 N–H and O–H groups in total. The van der Waals surface area contributed by atoms with Gasteiger partial charge in [0.15, 0.2) is 0 Å². The maximum atomic E-state index is 11.4. The molecule has 4 amide bonds. The van der Waals surface area contributed by atoms with Crippen LogP contribution in [0, 0.1) is 0 Å². The van der Waals surface area contributed by atoms with Crippen LogP contribution in [0.3, 0.4) is 0 Å². The molecule has 2 aliphatic rings. The highest BCUT2D eigenvalue weighted by Gasteiger charge is 2.23. The van der Waals surface area contributed by atoms with Crippen LogP contribution in [0.15, 0.2) is 24.3 Å². The molecule has 0 aliphatic carbocycles. The number of aliphatic hydroxyl groups is 1. The van der Waals surface area contributed by atoms with Crippen molar-refractivity contribution in [3.8, 4) is 0 Å². The van der Waals surface area contributed by atoms with Crippen LogP contribution in [0.1, 0.15) is 12.8 Å². The lowest BCUT2D eigenvalue weighted by Gasteiger charge is -2.16. The van der Waals surface area contributed by atoms with E-state index in [-0.39, 0.29) is 23.6 Å². The second-order valence-corrected chi connectivity index (χ2v) is 6.09. The maximum absolute atomic E-state index is 11.4. The Labute approximate surface area is 151 Å². The highest BCUT2D eigenvalue weighted by molar-refractivity contribution is 6.13. The van der Waals surface area contributed by atoms with E-state index in [2.05, 4.69) is 10.6 Å². The van der Waals surface area contributed by atoms with Gasteiger partial charge < -0.3 is 15.7 Å². The maximum Gasteiger partial charge on any atom is 0.253 e. The number of carbonyl (C=O) groups is 4. The third-order valence-corrected chi connectivity index (χ3v) is 4.03. The minimum Gasteiger partial charge on any atom is -0.390 e. The number of hydrogen-bond donors (Lipinski definition) is 3. The van der Waals surface area contributed by atoms with Gasteiger partial charge in [0.1, 0.15) is 0 Å². The first kappa shape index (κ1) is 20.0. The van der Waals surface area contributed by atoms with Crippen LogP contribution in [0.2, 0.25) is 0 Å². The first-order valence-corrected chi connectivity index (χ1v) is 8.65. The van der Waals surface area contributed by atoms with Gasteiger partial charge in [0, 0.05) is 50.5 Å². The van der Waals surface area contributed by atoms with E-state index in [1.165, 1.54) is 34.1 Å². The van der Waals surface area contributed by atoms with E-state index in [9.17, 15) is 24.3 Å². The molecule has 0 spiro atoms. The second kappa shape index (κ2) is 9.95. The number of carbonyl (C=O) groups excluding carboxylic acids is 4. The molecule has 142 valence electrons. The second-order valence-electron chi connectivity index (χ2n) is 6.09. The highest BCUT2D eigenvalue weighted by Crippen LogP contribution is 2.04. The summed E-state index contributed by atoms with van der Waals surface area (Å²) in [6, 6.07) is 0. The average Bonchev–Trinajstić information content (AvgIpc) is 3.10. The largest absolute Gasteiger partial charge is 0.390 e. The fourth-order valence-electron chi connectivity index (χ4n) is 2.64. The van der Waals surface area contributed by atoms with E-state index < -0.39 is 6.10 Å². The lowest BCUT2D eigenvalue weighted by molar-refractivity contribution is -0.138. The Bertz CT molecular complexity index is 528. The third kappa shape index (κ3) is 5.87. The van der Waals surface area contributed by atoms with Crippen molar-refractivity contribution in [3.63, 3.8) is 0 Å². The molecule has 26 heavy (non-hydrogen) atoms. The summed E-state index contributed by atoms with van der Waals surface area (Å²) in [4.78, 5) is 47.8. The number of amides is 4. The third-order valence-electron chi connectivity index (χ3n) is 4.03. The van der Waals surface area contributed by atoms with Crippen molar-refractivity contribution in [3.05, 3.63) is 24.3 Å². The quantitative estimate of drug-likeness (QED) is 0.275.